The molecule has 0 saturated carbocycles. The fourth-order valence-electron chi connectivity index (χ4n) is 2.76. The van der Waals surface area contributed by atoms with Crippen molar-refractivity contribution in [3.8, 4) is 11.5 Å². The Hall–Kier alpha value is -3.19. The number of fused-ring (bicyclic) bond motifs is 2. The minimum Gasteiger partial charge on any atom is -0.454 e. The highest BCUT2D eigenvalue weighted by atomic mass is 16.7. The molecule has 0 fully saturated rings. The summed E-state index contributed by atoms with van der Waals surface area (Å²) in [5, 5.41) is 9.96. The van der Waals surface area contributed by atoms with Gasteiger partial charge in [-0.05, 0) is 31.2 Å². The number of benzene rings is 1. The first-order valence-corrected chi connectivity index (χ1v) is 7.56. The lowest BCUT2D eigenvalue weighted by Gasteiger charge is -2.07. The largest absolute Gasteiger partial charge is 0.454 e. The molecule has 1 aliphatic heterocycles. The van der Waals surface area contributed by atoms with Crippen molar-refractivity contribution >= 4 is 16.8 Å². The highest BCUT2D eigenvalue weighted by Gasteiger charge is 2.21. The number of hydrogen-bond acceptors (Lipinski definition) is 7. The zero-order valence-electron chi connectivity index (χ0n) is 13.2. The maximum absolute atomic E-state index is 12.8. The van der Waals surface area contributed by atoms with E-state index in [2.05, 4.69) is 4.98 Å². The molecule has 3 aromatic rings. The third-order valence-corrected chi connectivity index (χ3v) is 4.09. The zero-order chi connectivity index (χ0) is 17.6. The standard InChI is InChI=1S/C18H13NO6/c1-9-17-12(11(7-20)6-19-9)5-13(18(22)25-17)16(21)10-2-3-14-15(4-10)24-8-23-14/h2-6,20H,7-8H2,1H3. The van der Waals surface area contributed by atoms with Gasteiger partial charge in [0, 0.05) is 22.7 Å². The van der Waals surface area contributed by atoms with E-state index in [1.807, 2.05) is 0 Å². The fourth-order valence-corrected chi connectivity index (χ4v) is 2.76. The third-order valence-electron chi connectivity index (χ3n) is 4.09. The Morgan fingerprint density at radius 2 is 2.04 bits per heavy atom. The Kier molecular flexibility index (Phi) is 3.51. The Bertz CT molecular complexity index is 1070. The SMILES string of the molecule is Cc1ncc(CO)c2cc(C(=O)c3ccc4c(c3)OCO4)c(=O)oc12. The summed E-state index contributed by atoms with van der Waals surface area (Å²) in [6.45, 7) is 1.50. The van der Waals surface area contributed by atoms with Gasteiger partial charge >= 0.3 is 5.63 Å². The number of nitrogens with zero attached hydrogens (tertiary/aromatic N) is 1. The Balaban J connectivity index is 1.87. The Morgan fingerprint density at radius 3 is 2.84 bits per heavy atom. The lowest BCUT2D eigenvalue weighted by atomic mass is 10.0. The average Bonchev–Trinajstić information content (AvgIpc) is 3.09. The number of hydrogen-bond donors (Lipinski definition) is 1. The Morgan fingerprint density at radius 1 is 1.24 bits per heavy atom. The van der Waals surface area contributed by atoms with Crippen molar-refractivity contribution in [3.05, 3.63) is 63.3 Å². The van der Waals surface area contributed by atoms with Gasteiger partial charge in [-0.3, -0.25) is 9.78 Å². The van der Waals surface area contributed by atoms with Crippen LogP contribution >= 0.6 is 0 Å². The average molecular weight is 339 g/mol. The predicted molar refractivity (Wildman–Crippen MR) is 86.9 cm³/mol. The van der Waals surface area contributed by atoms with Gasteiger partial charge < -0.3 is 19.0 Å². The van der Waals surface area contributed by atoms with Crippen molar-refractivity contribution in [1.29, 1.82) is 0 Å². The molecule has 0 bridgehead atoms. The van der Waals surface area contributed by atoms with Gasteiger partial charge in [-0.2, -0.15) is 0 Å². The molecule has 2 aromatic heterocycles. The maximum Gasteiger partial charge on any atom is 0.347 e. The minimum atomic E-state index is -0.754. The maximum atomic E-state index is 12.8. The molecule has 0 aliphatic carbocycles. The van der Waals surface area contributed by atoms with Crippen molar-refractivity contribution in [3.63, 3.8) is 0 Å². The molecule has 0 saturated heterocycles. The van der Waals surface area contributed by atoms with Crippen molar-refractivity contribution in [2.75, 3.05) is 6.79 Å². The molecule has 7 nitrogen and oxygen atoms in total. The van der Waals surface area contributed by atoms with Crippen LogP contribution in [-0.4, -0.2) is 22.7 Å². The monoisotopic (exact) mass is 339 g/mol. The number of carbonyl (C=O) groups excluding carboxylic acids is 1. The molecule has 3 heterocycles. The summed E-state index contributed by atoms with van der Waals surface area (Å²) in [5.74, 6) is 0.505. The molecule has 7 heteroatoms. The molecule has 0 atom stereocenters. The van der Waals surface area contributed by atoms with E-state index in [0.717, 1.165) is 0 Å². The van der Waals surface area contributed by atoms with Crippen molar-refractivity contribution in [1.82, 2.24) is 4.98 Å². The number of ketones is 1. The first kappa shape index (κ1) is 15.3. The number of carbonyl (C=O) groups is 1. The van der Waals surface area contributed by atoms with Gasteiger partial charge in [0.15, 0.2) is 17.1 Å². The van der Waals surface area contributed by atoms with Crippen molar-refractivity contribution in [2.24, 2.45) is 0 Å². The highest BCUT2D eigenvalue weighted by Crippen LogP contribution is 2.33. The van der Waals surface area contributed by atoms with Gasteiger partial charge in [0.05, 0.1) is 12.3 Å². The van der Waals surface area contributed by atoms with E-state index in [9.17, 15) is 14.7 Å². The first-order valence-electron chi connectivity index (χ1n) is 7.56. The van der Waals surface area contributed by atoms with Gasteiger partial charge in [-0.25, -0.2) is 4.79 Å². The van der Waals surface area contributed by atoms with E-state index in [1.165, 1.54) is 18.3 Å². The smallest absolute Gasteiger partial charge is 0.347 e. The van der Waals surface area contributed by atoms with Crippen LogP contribution in [0.2, 0.25) is 0 Å². The van der Waals surface area contributed by atoms with Crippen LogP contribution in [0.1, 0.15) is 27.2 Å². The number of rotatable bonds is 3. The molecule has 1 aliphatic rings. The second-order valence-corrected chi connectivity index (χ2v) is 5.61. The van der Waals surface area contributed by atoms with Gasteiger partial charge in [0.2, 0.25) is 12.6 Å². The summed E-state index contributed by atoms with van der Waals surface area (Å²) in [4.78, 5) is 29.1. The van der Waals surface area contributed by atoms with Crippen LogP contribution in [-0.2, 0) is 6.61 Å². The summed E-state index contributed by atoms with van der Waals surface area (Å²) in [5.41, 5.74) is 0.656. The van der Waals surface area contributed by atoms with Crippen LogP contribution in [0.25, 0.3) is 11.0 Å². The van der Waals surface area contributed by atoms with Crippen molar-refractivity contribution < 1.29 is 23.8 Å². The summed E-state index contributed by atoms with van der Waals surface area (Å²) in [6, 6.07) is 6.14. The summed E-state index contributed by atoms with van der Waals surface area (Å²) >= 11 is 0. The molecule has 0 amide bonds. The molecule has 1 aromatic carbocycles. The molecule has 25 heavy (non-hydrogen) atoms. The molecular formula is C18H13NO6. The lowest BCUT2D eigenvalue weighted by molar-refractivity contribution is 0.103. The van der Waals surface area contributed by atoms with Crippen LogP contribution in [0, 0.1) is 6.92 Å². The molecule has 4 rings (SSSR count). The van der Waals surface area contributed by atoms with Gasteiger partial charge in [-0.1, -0.05) is 0 Å². The van der Waals surface area contributed by atoms with E-state index in [-0.39, 0.29) is 30.1 Å². The first-order chi connectivity index (χ1) is 12.1. The number of aromatic nitrogens is 1. The van der Waals surface area contributed by atoms with Gasteiger partial charge in [0.1, 0.15) is 5.56 Å². The number of pyridine rings is 1. The molecule has 0 radical (unpaired) electrons. The number of ether oxygens (including phenoxy) is 2. The number of aliphatic hydroxyl groups excluding tert-OH is 1. The second kappa shape index (κ2) is 5.71. The van der Waals surface area contributed by atoms with E-state index in [0.29, 0.717) is 28.1 Å². The van der Waals surface area contributed by atoms with Crippen LogP contribution < -0.4 is 15.1 Å². The molecule has 0 unspecified atom stereocenters. The zero-order valence-corrected chi connectivity index (χ0v) is 13.2. The lowest BCUT2D eigenvalue weighted by Crippen LogP contribution is -2.15. The highest BCUT2D eigenvalue weighted by molar-refractivity contribution is 6.10. The number of aliphatic hydroxyl groups is 1. The molecule has 0 spiro atoms. The van der Waals surface area contributed by atoms with Crippen molar-refractivity contribution in [2.45, 2.75) is 13.5 Å². The number of aryl methyl sites for hydroxylation is 1. The topological polar surface area (TPSA) is 98.9 Å². The van der Waals surface area contributed by atoms with Gasteiger partial charge in [-0.15, -0.1) is 0 Å². The van der Waals surface area contributed by atoms with E-state index in [4.69, 9.17) is 13.9 Å². The third kappa shape index (κ3) is 2.45. The van der Waals surface area contributed by atoms with E-state index < -0.39 is 11.4 Å². The molecular weight excluding hydrogens is 326 g/mol. The van der Waals surface area contributed by atoms with Crippen LogP contribution in [0.4, 0.5) is 0 Å². The quantitative estimate of drug-likeness (QED) is 0.728. The second-order valence-electron chi connectivity index (χ2n) is 5.61. The molecule has 126 valence electrons. The van der Waals surface area contributed by atoms with Crippen LogP contribution in [0.5, 0.6) is 11.5 Å². The molecule has 1 N–H and O–H groups in total. The predicted octanol–water partition coefficient (Wildman–Crippen LogP) is 1.95. The van der Waals surface area contributed by atoms with Crippen LogP contribution in [0.15, 0.2) is 39.7 Å². The van der Waals surface area contributed by atoms with Gasteiger partial charge in [0.25, 0.3) is 0 Å². The summed E-state index contributed by atoms with van der Waals surface area (Å²) in [7, 11) is 0. The Labute approximate surface area is 141 Å². The normalized spacial score (nSPS) is 12.6. The fraction of sp³-hybridized carbons (Fsp3) is 0.167. The summed E-state index contributed by atoms with van der Waals surface area (Å²) in [6.07, 6.45) is 1.49. The van der Waals surface area contributed by atoms with Crippen LogP contribution in [0.3, 0.4) is 0 Å². The summed E-state index contributed by atoms with van der Waals surface area (Å²) < 4.78 is 15.8. The van der Waals surface area contributed by atoms with E-state index in [1.54, 1.807) is 19.1 Å². The minimum absolute atomic E-state index is 0.0945. The van der Waals surface area contributed by atoms with E-state index >= 15 is 0 Å².